The van der Waals surface area contributed by atoms with Gasteiger partial charge in [-0.1, -0.05) is 42.5 Å². The minimum Gasteiger partial charge on any atom is -0.298 e. The zero-order valence-corrected chi connectivity index (χ0v) is 15.5. The van der Waals surface area contributed by atoms with Crippen molar-refractivity contribution in [3.05, 3.63) is 76.8 Å². The summed E-state index contributed by atoms with van der Waals surface area (Å²) in [7, 11) is 0. The van der Waals surface area contributed by atoms with Crippen LogP contribution in [0.5, 0.6) is 0 Å². The number of carbonyl (C=O) groups is 2. The third kappa shape index (κ3) is 2.75. The molecule has 1 N–H and O–H groups in total. The Morgan fingerprint density at radius 3 is 2.92 bits per heavy atom. The minimum atomic E-state index is -0.449. The fourth-order valence-corrected chi connectivity index (χ4v) is 4.94. The number of fused-ring (bicyclic) bond motifs is 3. The fourth-order valence-electron chi connectivity index (χ4n) is 3.38. The maximum atomic E-state index is 12.7. The van der Waals surface area contributed by atoms with E-state index in [9.17, 15) is 9.59 Å². The van der Waals surface area contributed by atoms with Crippen LogP contribution in [-0.2, 0) is 9.59 Å². The number of nitrogens with one attached hydrogen (secondary N) is 1. The molecule has 130 valence electrons. The molecule has 1 aliphatic carbocycles. The third-order valence-corrected chi connectivity index (χ3v) is 6.23. The van der Waals surface area contributed by atoms with Crippen molar-refractivity contribution in [3.8, 4) is 0 Å². The molecule has 4 rings (SSSR count). The summed E-state index contributed by atoms with van der Waals surface area (Å²) in [6.45, 7) is 3.90. The summed E-state index contributed by atoms with van der Waals surface area (Å²) >= 11 is 6.81. The molecule has 0 saturated carbocycles. The number of hydrogen-bond acceptors (Lipinski definition) is 4. The van der Waals surface area contributed by atoms with Crippen LogP contribution < -0.4 is 5.32 Å². The Hall–Kier alpha value is -2.44. The summed E-state index contributed by atoms with van der Waals surface area (Å²) in [4.78, 5) is 26.4. The van der Waals surface area contributed by atoms with Gasteiger partial charge >= 0.3 is 0 Å². The zero-order chi connectivity index (χ0) is 18.3. The molecule has 1 saturated heterocycles. The van der Waals surface area contributed by atoms with Crippen molar-refractivity contribution in [1.29, 1.82) is 0 Å². The van der Waals surface area contributed by atoms with E-state index in [-0.39, 0.29) is 34.3 Å². The highest BCUT2D eigenvalue weighted by atomic mass is 32.2. The van der Waals surface area contributed by atoms with Gasteiger partial charge in [0.05, 0.1) is 0 Å². The smallest absolute Gasteiger partial charge is 0.265 e. The summed E-state index contributed by atoms with van der Waals surface area (Å²) in [6, 6.07) is 8.31. The molecule has 1 aromatic rings. The van der Waals surface area contributed by atoms with E-state index in [4.69, 9.17) is 12.2 Å². The zero-order valence-electron chi connectivity index (χ0n) is 13.8. The predicted octanol–water partition coefficient (Wildman–Crippen LogP) is 3.36. The predicted molar refractivity (Wildman–Crippen MR) is 108 cm³/mol. The van der Waals surface area contributed by atoms with Gasteiger partial charge in [-0.15, -0.1) is 18.3 Å². The topological polar surface area (TPSA) is 49.4 Å². The summed E-state index contributed by atoms with van der Waals surface area (Å²) < 4.78 is 0. The van der Waals surface area contributed by atoms with Gasteiger partial charge in [-0.3, -0.25) is 19.8 Å². The van der Waals surface area contributed by atoms with Crippen molar-refractivity contribution in [2.24, 2.45) is 5.92 Å². The van der Waals surface area contributed by atoms with Crippen LogP contribution in [0.4, 0.5) is 0 Å². The van der Waals surface area contributed by atoms with Crippen molar-refractivity contribution in [2.45, 2.75) is 5.25 Å². The number of amides is 2. The molecule has 3 aliphatic rings. The lowest BCUT2D eigenvalue weighted by molar-refractivity contribution is -0.128. The van der Waals surface area contributed by atoms with Gasteiger partial charge in [0.1, 0.15) is 5.57 Å². The molecule has 1 fully saturated rings. The summed E-state index contributed by atoms with van der Waals surface area (Å²) in [5.74, 6) is -0.687. The van der Waals surface area contributed by atoms with Gasteiger partial charge in [-0.2, -0.15) is 0 Å². The number of hydrogen-bond donors (Lipinski definition) is 1. The monoisotopic (exact) mass is 380 g/mol. The van der Waals surface area contributed by atoms with Crippen LogP contribution in [0.15, 0.2) is 65.6 Å². The molecule has 1 aromatic carbocycles. The van der Waals surface area contributed by atoms with E-state index in [0.717, 1.165) is 5.57 Å². The van der Waals surface area contributed by atoms with Crippen LogP contribution in [0.2, 0.25) is 0 Å². The molecule has 0 aromatic heterocycles. The molecule has 2 amide bonds. The lowest BCUT2D eigenvalue weighted by atomic mass is 9.84. The Bertz CT molecular complexity index is 929. The lowest BCUT2D eigenvalue weighted by Crippen LogP contribution is -2.54. The highest BCUT2D eigenvalue weighted by Gasteiger charge is 2.36. The van der Waals surface area contributed by atoms with Crippen LogP contribution in [-0.4, -0.2) is 28.4 Å². The Balaban J connectivity index is 1.65. The molecule has 26 heavy (non-hydrogen) atoms. The number of thioether (sulfide) groups is 1. The number of carbonyl (C=O) groups excluding carboxylic acids is 2. The third-order valence-electron chi connectivity index (χ3n) is 4.66. The van der Waals surface area contributed by atoms with Crippen LogP contribution in [0.25, 0.3) is 6.08 Å². The lowest BCUT2D eigenvalue weighted by Gasteiger charge is -2.28. The number of benzene rings is 1. The molecule has 2 atom stereocenters. The maximum Gasteiger partial charge on any atom is 0.265 e. The molecule has 0 radical (unpaired) electrons. The van der Waals surface area contributed by atoms with Crippen molar-refractivity contribution >= 4 is 47.0 Å². The molecule has 2 aliphatic heterocycles. The highest BCUT2D eigenvalue weighted by Crippen LogP contribution is 2.51. The number of rotatable bonds is 3. The first-order chi connectivity index (χ1) is 12.6. The Morgan fingerprint density at radius 2 is 2.12 bits per heavy atom. The van der Waals surface area contributed by atoms with Gasteiger partial charge in [-0.05, 0) is 40.4 Å². The largest absolute Gasteiger partial charge is 0.298 e. The molecule has 4 nitrogen and oxygen atoms in total. The maximum absolute atomic E-state index is 12.7. The van der Waals surface area contributed by atoms with E-state index in [1.54, 1.807) is 23.9 Å². The first-order valence-electron chi connectivity index (χ1n) is 8.22. The van der Waals surface area contributed by atoms with Gasteiger partial charge in [0.15, 0.2) is 5.11 Å². The number of allylic oxidation sites excluding steroid dienone is 3. The summed E-state index contributed by atoms with van der Waals surface area (Å²) in [5.41, 5.74) is 3.58. The van der Waals surface area contributed by atoms with Crippen molar-refractivity contribution < 1.29 is 9.59 Å². The first kappa shape index (κ1) is 17.0. The highest BCUT2D eigenvalue weighted by molar-refractivity contribution is 8.02. The molecule has 0 spiro atoms. The number of thiocarbonyl (C=S) groups is 1. The van der Waals surface area contributed by atoms with Crippen molar-refractivity contribution in [1.82, 2.24) is 10.2 Å². The van der Waals surface area contributed by atoms with Gasteiger partial charge in [0, 0.05) is 17.7 Å². The van der Waals surface area contributed by atoms with Gasteiger partial charge in [-0.25, -0.2) is 0 Å². The average molecular weight is 380 g/mol. The quantitative estimate of drug-likeness (QED) is 0.378. The Morgan fingerprint density at radius 1 is 1.31 bits per heavy atom. The molecule has 6 heteroatoms. The SMILES string of the molecule is C=CCN1C(=O)C(=CC2=CSC3c4ccccc4C=CC23)C(=O)NC1=S. The van der Waals surface area contributed by atoms with Crippen LogP contribution >= 0.6 is 24.0 Å². The second-order valence-corrected chi connectivity index (χ2v) is 7.61. The number of nitrogens with zero attached hydrogens (tertiary/aromatic N) is 1. The summed E-state index contributed by atoms with van der Waals surface area (Å²) in [6.07, 6.45) is 7.54. The van der Waals surface area contributed by atoms with Crippen molar-refractivity contribution in [2.75, 3.05) is 6.54 Å². The van der Waals surface area contributed by atoms with Crippen LogP contribution in [0.1, 0.15) is 16.4 Å². The Labute approximate surface area is 161 Å². The van der Waals surface area contributed by atoms with E-state index in [2.05, 4.69) is 36.2 Å². The molecule has 2 unspecified atom stereocenters. The second kappa shape index (κ2) is 6.70. The first-order valence-corrected chi connectivity index (χ1v) is 9.57. The molecule has 2 heterocycles. The van der Waals surface area contributed by atoms with E-state index >= 15 is 0 Å². The molecular weight excluding hydrogens is 364 g/mol. The van der Waals surface area contributed by atoms with Crippen LogP contribution in [0.3, 0.4) is 0 Å². The van der Waals surface area contributed by atoms with Crippen LogP contribution in [0, 0.1) is 5.92 Å². The van der Waals surface area contributed by atoms with E-state index in [1.807, 2.05) is 17.5 Å². The van der Waals surface area contributed by atoms with E-state index < -0.39 is 5.91 Å². The molecule has 0 bridgehead atoms. The minimum absolute atomic E-state index is 0.111. The van der Waals surface area contributed by atoms with Gasteiger partial charge in [0.25, 0.3) is 11.8 Å². The standard InChI is InChI=1S/C20H16N2O2S2/c1-2-9-22-19(24)16(18(23)21-20(22)25)10-13-11-26-17-14-6-4-3-5-12(14)7-8-15(13)17/h2-8,10-11,15,17H,1,9H2,(H,21,23,25). The molecular formula is C20H16N2O2S2. The Kier molecular flexibility index (Phi) is 4.38. The average Bonchev–Trinajstić information content (AvgIpc) is 3.05. The second-order valence-electron chi connectivity index (χ2n) is 6.21. The summed E-state index contributed by atoms with van der Waals surface area (Å²) in [5, 5.41) is 5.02. The van der Waals surface area contributed by atoms with Crippen molar-refractivity contribution in [3.63, 3.8) is 0 Å². The normalized spacial score (nSPS) is 25.7. The fraction of sp³-hybridized carbons (Fsp3) is 0.150. The van der Waals surface area contributed by atoms with E-state index in [0.29, 0.717) is 0 Å². The van der Waals surface area contributed by atoms with Gasteiger partial charge < -0.3 is 0 Å². The van der Waals surface area contributed by atoms with Gasteiger partial charge in [0.2, 0.25) is 0 Å². The van der Waals surface area contributed by atoms with E-state index in [1.165, 1.54) is 16.0 Å².